The van der Waals surface area contributed by atoms with Crippen LogP contribution in [0, 0.1) is 10.1 Å². The van der Waals surface area contributed by atoms with Gasteiger partial charge < -0.3 is 4.74 Å². The SMILES string of the molecule is CCOC(=O)C1=CCCN(Sc2ccc([N+](=O)[O-])cc2)C1. The highest BCUT2D eigenvalue weighted by Crippen LogP contribution is 2.27. The number of nitrogens with zero attached hydrogens (tertiary/aromatic N) is 2. The normalized spacial score (nSPS) is 15.4. The average Bonchev–Trinajstić information content (AvgIpc) is 2.48. The molecule has 1 aliphatic rings. The molecule has 1 heterocycles. The fourth-order valence-electron chi connectivity index (χ4n) is 1.94. The van der Waals surface area contributed by atoms with Crippen molar-refractivity contribution in [2.75, 3.05) is 19.7 Å². The first-order valence-corrected chi connectivity index (χ1v) is 7.41. The predicted molar refractivity (Wildman–Crippen MR) is 79.9 cm³/mol. The van der Waals surface area contributed by atoms with Gasteiger partial charge in [-0.2, -0.15) is 0 Å². The van der Waals surface area contributed by atoms with Gasteiger partial charge in [0, 0.05) is 35.7 Å². The number of rotatable bonds is 5. The van der Waals surface area contributed by atoms with Crippen molar-refractivity contribution in [2.24, 2.45) is 0 Å². The van der Waals surface area contributed by atoms with E-state index in [-0.39, 0.29) is 11.7 Å². The smallest absolute Gasteiger partial charge is 0.335 e. The number of carbonyl (C=O) groups is 1. The number of hydrogen-bond donors (Lipinski definition) is 0. The third-order valence-corrected chi connectivity index (χ3v) is 3.99. The van der Waals surface area contributed by atoms with E-state index in [1.807, 2.05) is 10.4 Å². The maximum atomic E-state index is 11.7. The van der Waals surface area contributed by atoms with Gasteiger partial charge in [-0.25, -0.2) is 9.10 Å². The summed E-state index contributed by atoms with van der Waals surface area (Å²) in [6.45, 7) is 3.49. The Morgan fingerprint density at radius 1 is 1.43 bits per heavy atom. The van der Waals surface area contributed by atoms with Crippen LogP contribution in [0.25, 0.3) is 0 Å². The van der Waals surface area contributed by atoms with E-state index in [1.54, 1.807) is 19.1 Å². The number of hydrogen-bond acceptors (Lipinski definition) is 6. The Morgan fingerprint density at radius 2 is 2.14 bits per heavy atom. The number of benzene rings is 1. The van der Waals surface area contributed by atoms with Gasteiger partial charge in [0.1, 0.15) is 0 Å². The Labute approximate surface area is 127 Å². The zero-order valence-corrected chi connectivity index (χ0v) is 12.5. The highest BCUT2D eigenvalue weighted by Gasteiger charge is 2.20. The van der Waals surface area contributed by atoms with Crippen molar-refractivity contribution in [3.63, 3.8) is 0 Å². The molecule has 1 aromatic rings. The number of non-ortho nitro benzene ring substituents is 1. The van der Waals surface area contributed by atoms with Crippen molar-refractivity contribution in [3.8, 4) is 0 Å². The summed E-state index contributed by atoms with van der Waals surface area (Å²) < 4.78 is 7.05. The lowest BCUT2D eigenvalue weighted by molar-refractivity contribution is -0.384. The Bertz CT molecular complexity index is 557. The van der Waals surface area contributed by atoms with Crippen LogP contribution in [-0.2, 0) is 9.53 Å². The van der Waals surface area contributed by atoms with Gasteiger partial charge in [0.15, 0.2) is 0 Å². The summed E-state index contributed by atoms with van der Waals surface area (Å²) >= 11 is 1.49. The zero-order chi connectivity index (χ0) is 15.2. The molecule has 7 heteroatoms. The van der Waals surface area contributed by atoms with Gasteiger partial charge in [-0.15, -0.1) is 0 Å². The summed E-state index contributed by atoms with van der Waals surface area (Å²) in [5.74, 6) is -0.272. The topological polar surface area (TPSA) is 72.7 Å². The first-order chi connectivity index (χ1) is 10.1. The minimum Gasteiger partial charge on any atom is -0.463 e. The minimum absolute atomic E-state index is 0.0742. The first-order valence-electron chi connectivity index (χ1n) is 6.63. The number of carbonyl (C=O) groups excluding carboxylic acids is 1. The third kappa shape index (κ3) is 4.30. The van der Waals surface area contributed by atoms with E-state index < -0.39 is 4.92 Å². The summed E-state index contributed by atoms with van der Waals surface area (Å²) in [5, 5.41) is 10.6. The molecule has 0 atom stereocenters. The molecule has 0 aliphatic carbocycles. The molecular formula is C14H16N2O4S. The van der Waals surface area contributed by atoms with Crippen LogP contribution in [0.4, 0.5) is 5.69 Å². The van der Waals surface area contributed by atoms with Crippen molar-refractivity contribution < 1.29 is 14.5 Å². The molecular weight excluding hydrogens is 292 g/mol. The average molecular weight is 308 g/mol. The van der Waals surface area contributed by atoms with Crippen LogP contribution in [0.3, 0.4) is 0 Å². The lowest BCUT2D eigenvalue weighted by atomic mass is 10.1. The molecule has 2 rings (SSSR count). The summed E-state index contributed by atoms with van der Waals surface area (Å²) in [4.78, 5) is 22.8. The molecule has 6 nitrogen and oxygen atoms in total. The van der Waals surface area contributed by atoms with Crippen LogP contribution in [0.1, 0.15) is 13.3 Å². The lowest BCUT2D eigenvalue weighted by Crippen LogP contribution is -2.27. The highest BCUT2D eigenvalue weighted by molar-refractivity contribution is 7.97. The largest absolute Gasteiger partial charge is 0.463 e. The quantitative estimate of drug-likeness (QED) is 0.360. The van der Waals surface area contributed by atoms with Crippen molar-refractivity contribution in [1.29, 1.82) is 0 Å². The molecule has 112 valence electrons. The summed E-state index contributed by atoms with van der Waals surface area (Å²) in [6.07, 6.45) is 2.69. The van der Waals surface area contributed by atoms with Gasteiger partial charge in [-0.05, 0) is 37.4 Å². The van der Waals surface area contributed by atoms with E-state index in [2.05, 4.69) is 0 Å². The number of ether oxygens (including phenoxy) is 1. The zero-order valence-electron chi connectivity index (χ0n) is 11.7. The monoisotopic (exact) mass is 308 g/mol. The summed E-state index contributed by atoms with van der Waals surface area (Å²) in [6, 6.07) is 6.39. The molecule has 0 aromatic heterocycles. The van der Waals surface area contributed by atoms with Crippen LogP contribution in [0.15, 0.2) is 40.8 Å². The predicted octanol–water partition coefficient (Wildman–Crippen LogP) is 2.80. The second-order valence-electron chi connectivity index (χ2n) is 4.44. The fourth-order valence-corrected chi connectivity index (χ4v) is 2.90. The molecule has 0 spiro atoms. The molecule has 0 saturated carbocycles. The van der Waals surface area contributed by atoms with Crippen molar-refractivity contribution >= 4 is 23.6 Å². The van der Waals surface area contributed by atoms with E-state index in [9.17, 15) is 14.9 Å². The van der Waals surface area contributed by atoms with E-state index in [1.165, 1.54) is 24.1 Å². The second kappa shape index (κ2) is 7.24. The summed E-state index contributed by atoms with van der Waals surface area (Å²) in [5.41, 5.74) is 0.739. The van der Waals surface area contributed by atoms with Gasteiger partial charge in [0.05, 0.1) is 11.5 Å². The van der Waals surface area contributed by atoms with E-state index in [0.29, 0.717) is 18.7 Å². The van der Waals surface area contributed by atoms with E-state index in [0.717, 1.165) is 17.9 Å². The Kier molecular flexibility index (Phi) is 5.35. The molecule has 21 heavy (non-hydrogen) atoms. The first kappa shape index (κ1) is 15.5. The lowest BCUT2D eigenvalue weighted by Gasteiger charge is -2.25. The van der Waals surface area contributed by atoms with E-state index >= 15 is 0 Å². The van der Waals surface area contributed by atoms with Crippen LogP contribution in [0.2, 0.25) is 0 Å². The molecule has 0 unspecified atom stereocenters. The minimum atomic E-state index is -0.420. The Morgan fingerprint density at radius 3 is 2.76 bits per heavy atom. The summed E-state index contributed by atoms with van der Waals surface area (Å²) in [7, 11) is 0. The van der Waals surface area contributed by atoms with Crippen molar-refractivity contribution in [2.45, 2.75) is 18.2 Å². The van der Waals surface area contributed by atoms with Gasteiger partial charge >= 0.3 is 5.97 Å². The van der Waals surface area contributed by atoms with Crippen LogP contribution >= 0.6 is 11.9 Å². The highest BCUT2D eigenvalue weighted by atomic mass is 32.2. The van der Waals surface area contributed by atoms with Crippen LogP contribution in [-0.4, -0.2) is 34.9 Å². The number of nitro benzene ring substituents is 1. The number of esters is 1. The Balaban J connectivity index is 1.96. The van der Waals surface area contributed by atoms with E-state index in [4.69, 9.17) is 4.74 Å². The second-order valence-corrected chi connectivity index (χ2v) is 5.61. The van der Waals surface area contributed by atoms with Crippen LogP contribution < -0.4 is 0 Å². The van der Waals surface area contributed by atoms with Gasteiger partial charge in [-0.1, -0.05) is 6.08 Å². The van der Waals surface area contributed by atoms with Crippen molar-refractivity contribution in [1.82, 2.24) is 4.31 Å². The molecule has 0 radical (unpaired) electrons. The molecule has 1 aliphatic heterocycles. The van der Waals surface area contributed by atoms with Gasteiger partial charge in [-0.3, -0.25) is 10.1 Å². The van der Waals surface area contributed by atoms with Gasteiger partial charge in [0.25, 0.3) is 5.69 Å². The standard InChI is InChI=1S/C14H16N2O4S/c1-2-20-14(17)11-4-3-9-15(10-11)21-13-7-5-12(6-8-13)16(18)19/h4-8H,2-3,9-10H2,1H3. The molecule has 0 fully saturated rings. The maximum Gasteiger partial charge on any atom is 0.335 e. The van der Waals surface area contributed by atoms with Crippen LogP contribution in [0.5, 0.6) is 0 Å². The van der Waals surface area contributed by atoms with Crippen molar-refractivity contribution in [3.05, 3.63) is 46.0 Å². The molecule has 0 bridgehead atoms. The molecule has 0 N–H and O–H groups in total. The molecule has 0 amide bonds. The molecule has 1 aromatic carbocycles. The Hall–Kier alpha value is -1.86. The molecule has 0 saturated heterocycles. The third-order valence-electron chi connectivity index (χ3n) is 2.94. The number of nitro groups is 1. The van der Waals surface area contributed by atoms with Gasteiger partial charge in [0.2, 0.25) is 0 Å². The maximum absolute atomic E-state index is 11.7. The fraction of sp³-hybridized carbons (Fsp3) is 0.357.